The second-order valence-electron chi connectivity index (χ2n) is 3.30. The summed E-state index contributed by atoms with van der Waals surface area (Å²) >= 11 is 2.06. The second-order valence-corrected chi connectivity index (χ2v) is 4.46. The van der Waals surface area contributed by atoms with Gasteiger partial charge in [-0.3, -0.25) is 14.6 Å². The minimum absolute atomic E-state index is 0.161. The van der Waals surface area contributed by atoms with Crippen LogP contribution in [-0.4, -0.2) is 25.9 Å². The van der Waals surface area contributed by atoms with Crippen LogP contribution in [0.1, 0.15) is 16.1 Å². The molecule has 1 amide bonds. The molecule has 2 N–H and O–H groups in total. The zero-order valence-electron chi connectivity index (χ0n) is 8.57. The number of nitrogens with one attached hydrogen (secondary N) is 2. The third-order valence-electron chi connectivity index (χ3n) is 2.03. The molecule has 2 aromatic rings. The van der Waals surface area contributed by atoms with E-state index in [0.717, 1.165) is 9.13 Å². The summed E-state index contributed by atoms with van der Waals surface area (Å²) in [5, 5.41) is 13.3. The van der Waals surface area contributed by atoms with Gasteiger partial charge in [0.2, 0.25) is 0 Å². The van der Waals surface area contributed by atoms with Crippen LogP contribution in [0.5, 0.6) is 0 Å². The second kappa shape index (κ2) is 4.64. The summed E-state index contributed by atoms with van der Waals surface area (Å²) in [6.07, 6.45) is 5.19. The minimum Gasteiger partial charge on any atom is -0.346 e. The number of aryl methyl sites for hydroxylation is 1. The summed E-state index contributed by atoms with van der Waals surface area (Å²) in [6, 6.07) is 0. The quantitative estimate of drug-likeness (QED) is 0.812. The van der Waals surface area contributed by atoms with Crippen LogP contribution in [0.15, 0.2) is 18.6 Å². The first-order chi connectivity index (χ1) is 7.66. The van der Waals surface area contributed by atoms with E-state index in [2.05, 4.69) is 43.2 Å². The van der Waals surface area contributed by atoms with E-state index in [0.29, 0.717) is 12.2 Å². The zero-order chi connectivity index (χ0) is 11.5. The van der Waals surface area contributed by atoms with Crippen LogP contribution in [0, 0.1) is 3.57 Å². The van der Waals surface area contributed by atoms with Gasteiger partial charge in [-0.05, 0) is 22.6 Å². The molecular formula is C9H10IN5O. The van der Waals surface area contributed by atoms with E-state index in [1.165, 1.54) is 0 Å². The number of nitrogens with zero attached hydrogens (tertiary/aromatic N) is 3. The predicted molar refractivity (Wildman–Crippen MR) is 65.7 cm³/mol. The largest absolute Gasteiger partial charge is 0.346 e. The van der Waals surface area contributed by atoms with Gasteiger partial charge in [-0.1, -0.05) is 0 Å². The third kappa shape index (κ3) is 2.40. The third-order valence-corrected chi connectivity index (χ3v) is 2.85. The number of hydrogen-bond acceptors (Lipinski definition) is 3. The van der Waals surface area contributed by atoms with E-state index >= 15 is 0 Å². The van der Waals surface area contributed by atoms with E-state index in [4.69, 9.17) is 0 Å². The number of hydrogen-bond donors (Lipinski definition) is 2. The maximum Gasteiger partial charge on any atom is 0.270 e. The van der Waals surface area contributed by atoms with Gasteiger partial charge in [-0.2, -0.15) is 10.2 Å². The first kappa shape index (κ1) is 11.1. The van der Waals surface area contributed by atoms with Crippen LogP contribution in [0.3, 0.4) is 0 Å². The monoisotopic (exact) mass is 331 g/mol. The Hall–Kier alpha value is -1.38. The van der Waals surface area contributed by atoms with Crippen molar-refractivity contribution in [3.8, 4) is 0 Å². The SMILES string of the molecule is Cn1cc(CNC(=O)c2[nH]ncc2I)cn1. The lowest BCUT2D eigenvalue weighted by Crippen LogP contribution is -2.23. The molecular weight excluding hydrogens is 321 g/mol. The Morgan fingerprint density at radius 3 is 3.00 bits per heavy atom. The first-order valence-corrected chi connectivity index (χ1v) is 5.69. The summed E-state index contributed by atoms with van der Waals surface area (Å²) in [5.74, 6) is -0.161. The van der Waals surface area contributed by atoms with Gasteiger partial charge in [-0.25, -0.2) is 0 Å². The molecule has 6 nitrogen and oxygen atoms in total. The van der Waals surface area contributed by atoms with Gasteiger partial charge < -0.3 is 5.32 Å². The Balaban J connectivity index is 1.96. The van der Waals surface area contributed by atoms with Crippen LogP contribution >= 0.6 is 22.6 Å². The molecule has 2 heterocycles. The van der Waals surface area contributed by atoms with Gasteiger partial charge in [0.25, 0.3) is 5.91 Å². The Kier molecular flexibility index (Phi) is 3.22. The highest BCUT2D eigenvalue weighted by molar-refractivity contribution is 14.1. The lowest BCUT2D eigenvalue weighted by atomic mass is 10.3. The molecule has 0 aromatic carbocycles. The number of amides is 1. The van der Waals surface area contributed by atoms with Gasteiger partial charge in [0, 0.05) is 25.4 Å². The highest BCUT2D eigenvalue weighted by Gasteiger charge is 2.11. The van der Waals surface area contributed by atoms with Crippen molar-refractivity contribution in [2.45, 2.75) is 6.54 Å². The lowest BCUT2D eigenvalue weighted by Gasteiger charge is -2.01. The fourth-order valence-corrected chi connectivity index (χ4v) is 1.77. The number of H-pyrrole nitrogens is 1. The molecule has 7 heteroatoms. The number of carbonyl (C=O) groups is 1. The minimum atomic E-state index is -0.161. The van der Waals surface area contributed by atoms with Gasteiger partial charge in [0.05, 0.1) is 16.0 Å². The summed E-state index contributed by atoms with van der Waals surface area (Å²) < 4.78 is 2.50. The van der Waals surface area contributed by atoms with Gasteiger partial charge in [0.1, 0.15) is 5.69 Å². The van der Waals surface area contributed by atoms with Crippen LogP contribution < -0.4 is 5.32 Å². The average Bonchev–Trinajstić information content (AvgIpc) is 2.84. The molecule has 0 spiro atoms. The molecule has 0 aliphatic carbocycles. The van der Waals surface area contributed by atoms with Crippen LogP contribution in [0.4, 0.5) is 0 Å². The van der Waals surface area contributed by atoms with Gasteiger partial charge in [-0.15, -0.1) is 0 Å². The van der Waals surface area contributed by atoms with Crippen molar-refractivity contribution in [1.29, 1.82) is 0 Å². The Morgan fingerprint density at radius 1 is 1.62 bits per heavy atom. The molecule has 84 valence electrons. The smallest absolute Gasteiger partial charge is 0.270 e. The van der Waals surface area contributed by atoms with Gasteiger partial charge in [0.15, 0.2) is 0 Å². The van der Waals surface area contributed by atoms with E-state index in [-0.39, 0.29) is 5.91 Å². The highest BCUT2D eigenvalue weighted by atomic mass is 127. The summed E-state index contributed by atoms with van der Waals surface area (Å²) in [4.78, 5) is 11.7. The number of aromatic nitrogens is 4. The molecule has 0 unspecified atom stereocenters. The molecule has 0 aliphatic rings. The summed E-state index contributed by atoms with van der Waals surface area (Å²) in [6.45, 7) is 0.460. The molecule has 0 saturated heterocycles. The van der Waals surface area contributed by atoms with Crippen molar-refractivity contribution < 1.29 is 4.79 Å². The van der Waals surface area contributed by atoms with E-state index in [1.54, 1.807) is 17.1 Å². The fourth-order valence-electron chi connectivity index (χ4n) is 1.26. The van der Waals surface area contributed by atoms with Crippen LogP contribution in [0.25, 0.3) is 0 Å². The maximum atomic E-state index is 11.7. The molecule has 0 bridgehead atoms. The van der Waals surface area contributed by atoms with E-state index in [1.807, 2.05) is 13.2 Å². The van der Waals surface area contributed by atoms with Crippen molar-refractivity contribution in [1.82, 2.24) is 25.3 Å². The topological polar surface area (TPSA) is 75.6 Å². The number of aromatic amines is 1. The van der Waals surface area contributed by atoms with Crippen molar-refractivity contribution in [2.75, 3.05) is 0 Å². The molecule has 0 saturated carbocycles. The molecule has 16 heavy (non-hydrogen) atoms. The fraction of sp³-hybridized carbons (Fsp3) is 0.222. The standard InChI is InChI=1S/C9H10IN5O/c1-15-5-6(3-13-15)2-11-9(16)8-7(10)4-12-14-8/h3-5H,2H2,1H3,(H,11,16)(H,12,14). The predicted octanol–water partition coefficient (Wildman–Crippen LogP) is 0.678. The molecule has 0 atom stereocenters. The Labute approximate surface area is 106 Å². The highest BCUT2D eigenvalue weighted by Crippen LogP contribution is 2.07. The molecule has 2 aromatic heterocycles. The number of rotatable bonds is 3. The molecule has 0 radical (unpaired) electrons. The Morgan fingerprint density at radius 2 is 2.44 bits per heavy atom. The number of carbonyl (C=O) groups excluding carboxylic acids is 1. The molecule has 2 rings (SSSR count). The van der Waals surface area contributed by atoms with Crippen molar-refractivity contribution >= 4 is 28.5 Å². The van der Waals surface area contributed by atoms with Crippen molar-refractivity contribution in [3.63, 3.8) is 0 Å². The maximum absolute atomic E-state index is 11.7. The van der Waals surface area contributed by atoms with E-state index in [9.17, 15) is 4.79 Å². The average molecular weight is 331 g/mol. The summed E-state index contributed by atoms with van der Waals surface area (Å²) in [7, 11) is 1.84. The number of halogens is 1. The van der Waals surface area contributed by atoms with Gasteiger partial charge >= 0.3 is 0 Å². The first-order valence-electron chi connectivity index (χ1n) is 4.61. The van der Waals surface area contributed by atoms with Crippen molar-refractivity contribution in [3.05, 3.63) is 33.4 Å². The van der Waals surface area contributed by atoms with Crippen LogP contribution in [-0.2, 0) is 13.6 Å². The van der Waals surface area contributed by atoms with Crippen molar-refractivity contribution in [2.24, 2.45) is 7.05 Å². The Bertz CT molecular complexity index is 503. The zero-order valence-corrected chi connectivity index (χ0v) is 10.7. The summed E-state index contributed by atoms with van der Waals surface area (Å²) in [5.41, 5.74) is 1.45. The molecule has 0 aliphatic heterocycles. The lowest BCUT2D eigenvalue weighted by molar-refractivity contribution is 0.0945. The van der Waals surface area contributed by atoms with Crippen LogP contribution in [0.2, 0.25) is 0 Å². The van der Waals surface area contributed by atoms with E-state index < -0.39 is 0 Å². The normalized spacial score (nSPS) is 10.4. The molecule has 0 fully saturated rings.